The van der Waals surface area contributed by atoms with Crippen molar-refractivity contribution in [3.63, 3.8) is 0 Å². The van der Waals surface area contributed by atoms with Crippen LogP contribution in [0.4, 0.5) is 0 Å². The first-order valence-corrected chi connectivity index (χ1v) is 31.5. The number of benzene rings is 4. The first kappa shape index (κ1) is 39.1. The van der Waals surface area contributed by atoms with E-state index in [1.165, 1.54) is 39.8 Å². The summed E-state index contributed by atoms with van der Waals surface area (Å²) in [5.41, 5.74) is 11.8. The second-order valence-corrected chi connectivity index (χ2v) is 38.0. The summed E-state index contributed by atoms with van der Waals surface area (Å²) < 4.78 is 4.08. The van der Waals surface area contributed by atoms with Gasteiger partial charge in [-0.05, 0) is 0 Å². The predicted molar refractivity (Wildman–Crippen MR) is 208 cm³/mol. The molecule has 6 heteroatoms. The fourth-order valence-corrected chi connectivity index (χ4v) is 31.7. The first-order chi connectivity index (χ1) is 21.6. The van der Waals surface area contributed by atoms with Crippen molar-refractivity contribution in [1.82, 2.24) is 0 Å². The summed E-state index contributed by atoms with van der Waals surface area (Å²) in [5.74, 6) is 0. The molecule has 0 bridgehead atoms. The number of hydrogen-bond acceptors (Lipinski definition) is 0. The van der Waals surface area contributed by atoms with Crippen LogP contribution < -0.4 is 24.8 Å². The van der Waals surface area contributed by atoms with Gasteiger partial charge in [-0.25, -0.2) is 0 Å². The standard InChI is InChI=1S/C15H13.C14H29Si3.C13H10.2ClH.Zr/c1-10-3-5-14-12(7-10)9-13-8-11(2)4-6-15(13)14;1-15(2,3)12-10-11-13(16(4,5)6)14(12)17(7,8)9;1-3-7-12(8-4-1)11-13-9-5-2-6-10-13;;;/h3-9H,1-2H3;10H2,1-9H3;1-10H;2*1H;/q;;;;;+2/p-2. The molecular formula is C42H52Cl2Si3Zr. The molecule has 0 fully saturated rings. The van der Waals surface area contributed by atoms with Crippen molar-refractivity contribution in [3.8, 4) is 11.1 Å². The molecule has 48 heavy (non-hydrogen) atoms. The maximum atomic E-state index is 2.66. The summed E-state index contributed by atoms with van der Waals surface area (Å²) >= 11 is -2.88. The molecule has 0 atom stereocenters. The van der Waals surface area contributed by atoms with Crippen molar-refractivity contribution >= 4 is 27.4 Å². The molecule has 0 aromatic heterocycles. The van der Waals surface area contributed by atoms with Crippen LogP contribution in [0.5, 0.6) is 0 Å². The Morgan fingerprint density at radius 2 is 0.958 bits per heavy atom. The van der Waals surface area contributed by atoms with Crippen LogP contribution >= 0.6 is 0 Å². The Bertz CT molecular complexity index is 1830. The predicted octanol–water partition coefficient (Wildman–Crippen LogP) is 5.86. The summed E-state index contributed by atoms with van der Waals surface area (Å²) in [5, 5.41) is 5.69. The quantitative estimate of drug-likeness (QED) is 0.206. The molecule has 2 aliphatic rings. The van der Waals surface area contributed by atoms with Crippen LogP contribution in [0.15, 0.2) is 116 Å². The fraction of sp³-hybridized carbons (Fsp3) is 0.310. The molecule has 0 N–H and O–H groups in total. The minimum absolute atomic E-state index is 0. The summed E-state index contributed by atoms with van der Waals surface area (Å²) in [7, 11) is -4.95. The van der Waals surface area contributed by atoms with Crippen molar-refractivity contribution in [2.45, 2.75) is 82.8 Å². The minimum atomic E-state index is -2.88. The van der Waals surface area contributed by atoms with Crippen molar-refractivity contribution in [2.75, 3.05) is 0 Å². The molecule has 250 valence electrons. The van der Waals surface area contributed by atoms with Gasteiger partial charge in [0.25, 0.3) is 0 Å². The van der Waals surface area contributed by atoms with E-state index in [-0.39, 0.29) is 24.8 Å². The molecule has 6 rings (SSSR count). The number of hydrogen-bond donors (Lipinski definition) is 0. The second kappa shape index (κ2) is 14.5. The third-order valence-electron chi connectivity index (χ3n) is 9.95. The maximum Gasteiger partial charge on any atom is -1.00 e. The monoisotopic (exact) mass is 800 g/mol. The largest absolute Gasteiger partial charge is 1.00 e. The number of aryl methyl sites for hydroxylation is 2. The fourth-order valence-electron chi connectivity index (χ4n) is 8.15. The summed E-state index contributed by atoms with van der Waals surface area (Å²) in [6.45, 7) is 28.4. The molecular weight excluding hydrogens is 751 g/mol. The number of halogens is 2. The Hall–Kier alpha value is -1.66. The van der Waals surface area contributed by atoms with Gasteiger partial charge in [0.05, 0.1) is 0 Å². The van der Waals surface area contributed by atoms with Crippen LogP contribution in [0.2, 0.25) is 58.9 Å². The molecule has 0 amide bonds. The second-order valence-electron chi connectivity index (χ2n) is 16.8. The van der Waals surface area contributed by atoms with Crippen molar-refractivity contribution in [3.05, 3.63) is 149 Å². The van der Waals surface area contributed by atoms with Gasteiger partial charge in [-0.2, -0.15) is 0 Å². The van der Waals surface area contributed by atoms with E-state index in [0.29, 0.717) is 3.63 Å². The van der Waals surface area contributed by atoms with Gasteiger partial charge >= 0.3 is 292 Å². The average molecular weight is 803 g/mol. The maximum absolute atomic E-state index is 2.88. The van der Waals surface area contributed by atoms with Gasteiger partial charge in [0.1, 0.15) is 0 Å². The summed E-state index contributed by atoms with van der Waals surface area (Å²) in [6, 6.07) is 37.8. The topological polar surface area (TPSA) is 0 Å². The Morgan fingerprint density at radius 1 is 0.542 bits per heavy atom. The summed E-state index contributed by atoms with van der Waals surface area (Å²) in [6.07, 6.45) is 1.23. The molecule has 0 saturated heterocycles. The van der Waals surface area contributed by atoms with Gasteiger partial charge in [0.2, 0.25) is 0 Å². The summed E-state index contributed by atoms with van der Waals surface area (Å²) in [4.78, 5) is 0. The van der Waals surface area contributed by atoms with Crippen LogP contribution in [0, 0.1) is 13.8 Å². The van der Waals surface area contributed by atoms with Gasteiger partial charge in [0.15, 0.2) is 0 Å². The first-order valence-electron chi connectivity index (χ1n) is 17.1. The van der Waals surface area contributed by atoms with E-state index in [1.807, 2.05) is 18.9 Å². The smallest absolute Gasteiger partial charge is 1.00 e. The van der Waals surface area contributed by atoms with Crippen LogP contribution in [-0.2, 0) is 21.3 Å². The van der Waals surface area contributed by atoms with Gasteiger partial charge in [-0.3, -0.25) is 0 Å². The Kier molecular flexibility index (Phi) is 11.8. The molecule has 4 aromatic carbocycles. The van der Waals surface area contributed by atoms with E-state index < -0.39 is 45.5 Å². The molecule has 2 aliphatic carbocycles. The zero-order valence-corrected chi connectivity index (χ0v) is 37.7. The van der Waals surface area contributed by atoms with E-state index in [1.54, 1.807) is 14.3 Å². The van der Waals surface area contributed by atoms with E-state index in [9.17, 15) is 0 Å². The molecule has 0 nitrogen and oxygen atoms in total. The third-order valence-corrected chi connectivity index (χ3v) is 25.7. The normalized spacial score (nSPS) is 14.5. The van der Waals surface area contributed by atoms with Gasteiger partial charge in [-0.15, -0.1) is 0 Å². The zero-order chi connectivity index (χ0) is 33.2. The van der Waals surface area contributed by atoms with Crippen molar-refractivity contribution in [1.29, 1.82) is 0 Å². The zero-order valence-electron chi connectivity index (χ0n) is 30.8. The minimum Gasteiger partial charge on any atom is -1.00 e. The molecule has 0 radical (unpaired) electrons. The average Bonchev–Trinajstić information content (AvgIpc) is 3.54. The molecule has 0 unspecified atom stereocenters. The van der Waals surface area contributed by atoms with E-state index in [0.717, 1.165) is 0 Å². The molecule has 0 saturated carbocycles. The Balaban J connectivity index is 0.00000260. The van der Waals surface area contributed by atoms with Crippen LogP contribution in [0.1, 0.15) is 43.4 Å². The number of allylic oxidation sites excluding steroid dienone is 4. The van der Waals surface area contributed by atoms with Crippen LogP contribution in [-0.4, -0.2) is 27.4 Å². The van der Waals surface area contributed by atoms with Crippen LogP contribution in [0.25, 0.3) is 11.1 Å². The van der Waals surface area contributed by atoms with E-state index >= 15 is 0 Å². The SMILES string of the molecule is Cc1ccc2c(c1)[CH]([Zr+2]([C]1=C([Si](C)(C)C)C([Si](C)(C)C)=C([Si](C)(C)C)C1)=[C](c1ccccc1)c1ccccc1)c1cc(C)ccc1-2.[Cl-].[Cl-]. The Morgan fingerprint density at radius 3 is 1.33 bits per heavy atom. The van der Waals surface area contributed by atoms with Gasteiger partial charge < -0.3 is 24.8 Å². The molecule has 4 aromatic rings. The number of rotatable bonds is 7. The molecule has 0 heterocycles. The molecule has 0 spiro atoms. The van der Waals surface area contributed by atoms with Crippen LogP contribution in [0.3, 0.4) is 0 Å². The van der Waals surface area contributed by atoms with Crippen molar-refractivity contribution < 1.29 is 46.1 Å². The van der Waals surface area contributed by atoms with E-state index in [4.69, 9.17) is 0 Å². The molecule has 0 aliphatic heterocycles. The Labute approximate surface area is 314 Å². The number of fused-ring (bicyclic) bond motifs is 3. The van der Waals surface area contributed by atoms with Gasteiger partial charge in [0, 0.05) is 0 Å². The van der Waals surface area contributed by atoms with Gasteiger partial charge in [-0.1, -0.05) is 0 Å². The van der Waals surface area contributed by atoms with E-state index in [2.05, 4.69) is 170 Å². The third kappa shape index (κ3) is 7.37. The van der Waals surface area contributed by atoms with Crippen molar-refractivity contribution in [2.24, 2.45) is 0 Å².